The van der Waals surface area contributed by atoms with E-state index in [1.807, 2.05) is 61.5 Å². The average molecular weight is 352 g/mol. The normalized spacial score (nSPS) is 16.0. The molecule has 1 N–H and O–H groups in total. The Bertz CT molecular complexity index is 761. The van der Waals surface area contributed by atoms with E-state index in [1.165, 1.54) is 5.56 Å². The Hall–Kier alpha value is -2.82. The van der Waals surface area contributed by atoms with E-state index in [0.717, 1.165) is 12.1 Å². The Morgan fingerprint density at radius 3 is 2.62 bits per heavy atom. The maximum absolute atomic E-state index is 12.6. The fraction of sp³-hybridized carbons (Fsp3) is 0.333. The van der Waals surface area contributed by atoms with Gasteiger partial charge in [-0.25, -0.2) is 0 Å². The summed E-state index contributed by atoms with van der Waals surface area (Å²) < 4.78 is 5.75. The summed E-state index contributed by atoms with van der Waals surface area (Å²) in [6.07, 6.45) is 1.19. The third kappa shape index (κ3) is 4.23. The van der Waals surface area contributed by atoms with Gasteiger partial charge in [0.05, 0.1) is 5.69 Å². The van der Waals surface area contributed by atoms with Gasteiger partial charge in [0.25, 0.3) is 5.91 Å². The summed E-state index contributed by atoms with van der Waals surface area (Å²) in [4.78, 5) is 26.4. The number of nitrogens with zero attached hydrogens (tertiary/aromatic N) is 1. The number of amides is 2. The smallest absolute Gasteiger partial charge is 0.268 e. The van der Waals surface area contributed by atoms with Gasteiger partial charge in [-0.1, -0.05) is 49.4 Å². The molecule has 0 radical (unpaired) electrons. The van der Waals surface area contributed by atoms with Crippen LogP contribution < -0.4 is 15.0 Å². The highest BCUT2D eigenvalue weighted by atomic mass is 16.5. The molecule has 0 spiro atoms. The molecule has 1 aliphatic heterocycles. The molecule has 0 saturated heterocycles. The highest BCUT2D eigenvalue weighted by molar-refractivity contribution is 6.00. The maximum atomic E-state index is 12.6. The molecule has 2 aromatic carbocycles. The van der Waals surface area contributed by atoms with Gasteiger partial charge in [0.2, 0.25) is 5.91 Å². The van der Waals surface area contributed by atoms with Crippen molar-refractivity contribution in [3.05, 3.63) is 60.2 Å². The summed E-state index contributed by atoms with van der Waals surface area (Å²) in [5.41, 5.74) is 1.93. The van der Waals surface area contributed by atoms with E-state index in [0.29, 0.717) is 25.3 Å². The third-order valence-corrected chi connectivity index (χ3v) is 4.48. The van der Waals surface area contributed by atoms with Crippen LogP contribution in [0.2, 0.25) is 0 Å². The number of rotatable bonds is 7. The monoisotopic (exact) mass is 352 g/mol. The van der Waals surface area contributed by atoms with Gasteiger partial charge in [-0.2, -0.15) is 0 Å². The van der Waals surface area contributed by atoms with Gasteiger partial charge < -0.3 is 15.0 Å². The standard InChI is InChI=1S/C21H24N2O3/c1-2-18-21(25)23(17-10-6-7-11-19(17)26-18)15-13-20(24)22-14-12-16-8-4-3-5-9-16/h3-11,18H,2,12-15H2,1H3,(H,22,24). The largest absolute Gasteiger partial charge is 0.478 e. The van der Waals surface area contributed by atoms with Gasteiger partial charge in [-0.05, 0) is 30.5 Å². The average Bonchev–Trinajstić information content (AvgIpc) is 2.67. The molecule has 0 saturated carbocycles. The van der Waals surface area contributed by atoms with Crippen LogP contribution in [0.25, 0.3) is 0 Å². The molecule has 2 amide bonds. The van der Waals surface area contributed by atoms with Crippen molar-refractivity contribution in [2.75, 3.05) is 18.0 Å². The lowest BCUT2D eigenvalue weighted by Crippen LogP contribution is -2.46. The minimum atomic E-state index is -0.481. The van der Waals surface area contributed by atoms with Crippen molar-refractivity contribution >= 4 is 17.5 Å². The summed E-state index contributed by atoms with van der Waals surface area (Å²) in [7, 11) is 0. The van der Waals surface area contributed by atoms with Crippen LogP contribution in [0.5, 0.6) is 5.75 Å². The highest BCUT2D eigenvalue weighted by Gasteiger charge is 2.32. The second kappa shape index (κ2) is 8.52. The van der Waals surface area contributed by atoms with Gasteiger partial charge in [0.1, 0.15) is 5.75 Å². The number of carbonyl (C=O) groups excluding carboxylic acids is 2. The molecule has 0 aliphatic carbocycles. The van der Waals surface area contributed by atoms with Gasteiger partial charge in [0.15, 0.2) is 6.10 Å². The number of hydrogen-bond acceptors (Lipinski definition) is 3. The van der Waals surface area contributed by atoms with Gasteiger partial charge in [0, 0.05) is 19.5 Å². The number of hydrogen-bond donors (Lipinski definition) is 1. The number of para-hydroxylation sites is 2. The Balaban J connectivity index is 1.54. The molecule has 0 aromatic heterocycles. The number of anilines is 1. The van der Waals surface area contributed by atoms with Crippen molar-refractivity contribution in [3.8, 4) is 5.75 Å². The molecule has 1 atom stereocenters. The van der Waals surface area contributed by atoms with Gasteiger partial charge in [-0.15, -0.1) is 0 Å². The highest BCUT2D eigenvalue weighted by Crippen LogP contribution is 2.34. The molecule has 26 heavy (non-hydrogen) atoms. The molecule has 0 bridgehead atoms. The lowest BCUT2D eigenvalue weighted by Gasteiger charge is -2.33. The first-order valence-corrected chi connectivity index (χ1v) is 9.06. The fourth-order valence-electron chi connectivity index (χ4n) is 3.06. The molecule has 1 heterocycles. The van der Waals surface area contributed by atoms with E-state index in [2.05, 4.69) is 5.32 Å². The zero-order valence-electron chi connectivity index (χ0n) is 15.0. The summed E-state index contributed by atoms with van der Waals surface area (Å²) in [5, 5.41) is 2.93. The number of carbonyl (C=O) groups is 2. The molecule has 5 nitrogen and oxygen atoms in total. The zero-order chi connectivity index (χ0) is 18.4. The summed E-state index contributed by atoms with van der Waals surface area (Å²) >= 11 is 0. The van der Waals surface area contributed by atoms with E-state index in [-0.39, 0.29) is 18.2 Å². The first-order chi connectivity index (χ1) is 12.7. The molecule has 5 heteroatoms. The second-order valence-electron chi connectivity index (χ2n) is 6.31. The van der Waals surface area contributed by atoms with E-state index in [4.69, 9.17) is 4.74 Å². The lowest BCUT2D eigenvalue weighted by atomic mass is 10.1. The molecule has 2 aromatic rings. The molecule has 1 aliphatic rings. The van der Waals surface area contributed by atoms with Gasteiger partial charge >= 0.3 is 0 Å². The van der Waals surface area contributed by atoms with Crippen molar-refractivity contribution < 1.29 is 14.3 Å². The minimum Gasteiger partial charge on any atom is -0.478 e. The van der Waals surface area contributed by atoms with E-state index < -0.39 is 6.10 Å². The van der Waals surface area contributed by atoms with Crippen molar-refractivity contribution in [2.45, 2.75) is 32.3 Å². The van der Waals surface area contributed by atoms with Crippen LogP contribution in [0.15, 0.2) is 54.6 Å². The van der Waals surface area contributed by atoms with Crippen molar-refractivity contribution in [2.24, 2.45) is 0 Å². The summed E-state index contributed by atoms with van der Waals surface area (Å²) in [6.45, 7) is 2.87. The number of nitrogens with one attached hydrogen (secondary N) is 1. The summed E-state index contributed by atoms with van der Waals surface area (Å²) in [5.74, 6) is 0.567. The molecule has 1 unspecified atom stereocenters. The predicted octanol–water partition coefficient (Wildman–Crippen LogP) is 2.94. The van der Waals surface area contributed by atoms with Crippen LogP contribution in [0.1, 0.15) is 25.3 Å². The number of benzene rings is 2. The van der Waals surface area contributed by atoms with E-state index >= 15 is 0 Å². The van der Waals surface area contributed by atoms with E-state index in [9.17, 15) is 9.59 Å². The van der Waals surface area contributed by atoms with Crippen LogP contribution in [-0.4, -0.2) is 31.0 Å². The molecular weight excluding hydrogens is 328 g/mol. The van der Waals surface area contributed by atoms with Crippen LogP contribution >= 0.6 is 0 Å². The SMILES string of the molecule is CCC1Oc2ccccc2N(CCC(=O)NCCc2ccccc2)C1=O. The second-order valence-corrected chi connectivity index (χ2v) is 6.31. The van der Waals surface area contributed by atoms with Crippen LogP contribution in [0.3, 0.4) is 0 Å². The fourth-order valence-corrected chi connectivity index (χ4v) is 3.06. The first kappa shape index (κ1) is 18.0. The van der Waals surface area contributed by atoms with Crippen molar-refractivity contribution in [1.82, 2.24) is 5.32 Å². The molecule has 136 valence electrons. The Morgan fingerprint density at radius 1 is 1.12 bits per heavy atom. The lowest BCUT2D eigenvalue weighted by molar-refractivity contribution is -0.126. The molecule has 0 fully saturated rings. The van der Waals surface area contributed by atoms with E-state index in [1.54, 1.807) is 4.90 Å². The number of ether oxygens (including phenoxy) is 1. The maximum Gasteiger partial charge on any atom is 0.268 e. The Kier molecular flexibility index (Phi) is 5.89. The third-order valence-electron chi connectivity index (χ3n) is 4.48. The van der Waals surface area contributed by atoms with Crippen molar-refractivity contribution in [1.29, 1.82) is 0 Å². The zero-order valence-corrected chi connectivity index (χ0v) is 15.0. The van der Waals surface area contributed by atoms with Crippen LogP contribution in [0.4, 0.5) is 5.69 Å². The van der Waals surface area contributed by atoms with Gasteiger partial charge in [-0.3, -0.25) is 9.59 Å². The summed E-state index contributed by atoms with van der Waals surface area (Å²) in [6, 6.07) is 17.5. The quantitative estimate of drug-likeness (QED) is 0.833. The Morgan fingerprint density at radius 2 is 1.85 bits per heavy atom. The molecular formula is C21H24N2O3. The first-order valence-electron chi connectivity index (χ1n) is 9.06. The van der Waals surface area contributed by atoms with Crippen LogP contribution in [0, 0.1) is 0 Å². The predicted molar refractivity (Wildman–Crippen MR) is 101 cm³/mol. The topological polar surface area (TPSA) is 58.6 Å². The van der Waals surface area contributed by atoms with Crippen LogP contribution in [-0.2, 0) is 16.0 Å². The number of fused-ring (bicyclic) bond motifs is 1. The van der Waals surface area contributed by atoms with Crippen molar-refractivity contribution in [3.63, 3.8) is 0 Å². The minimum absolute atomic E-state index is 0.0502. The molecule has 3 rings (SSSR count). The Labute approximate surface area is 154 Å².